The number of nitrogens with one attached hydrogen (secondary N) is 2. The highest BCUT2D eigenvalue weighted by molar-refractivity contribution is 5.91. The monoisotopic (exact) mass is 369 g/mol. The third-order valence-corrected chi connectivity index (χ3v) is 5.73. The summed E-state index contributed by atoms with van der Waals surface area (Å²) in [5.74, 6) is 1.69. The van der Waals surface area contributed by atoms with Crippen molar-refractivity contribution >= 4 is 11.7 Å². The average molecular weight is 369 g/mol. The van der Waals surface area contributed by atoms with E-state index in [4.69, 9.17) is 9.15 Å². The van der Waals surface area contributed by atoms with Crippen LogP contribution in [0.5, 0.6) is 5.75 Å². The second kappa shape index (κ2) is 8.05. The van der Waals surface area contributed by atoms with Gasteiger partial charge in [0.2, 0.25) is 0 Å². The minimum atomic E-state index is -0.165. The van der Waals surface area contributed by atoms with Gasteiger partial charge in [0.15, 0.2) is 0 Å². The van der Waals surface area contributed by atoms with E-state index in [1.165, 1.54) is 19.3 Å². The van der Waals surface area contributed by atoms with Crippen LogP contribution < -0.4 is 15.4 Å². The predicted molar refractivity (Wildman–Crippen MR) is 104 cm³/mol. The summed E-state index contributed by atoms with van der Waals surface area (Å²) in [5, 5.41) is 6.09. The molecule has 2 aromatic rings. The maximum Gasteiger partial charge on any atom is 0.319 e. The molecule has 0 radical (unpaired) electrons. The highest BCUT2D eigenvalue weighted by Crippen LogP contribution is 2.35. The Kier molecular flexibility index (Phi) is 5.34. The zero-order valence-corrected chi connectivity index (χ0v) is 15.7. The minimum Gasteiger partial charge on any atom is -0.495 e. The van der Waals surface area contributed by atoms with Crippen molar-refractivity contribution in [2.24, 2.45) is 0 Å². The van der Waals surface area contributed by atoms with Gasteiger partial charge in [-0.15, -0.1) is 0 Å². The number of rotatable bonds is 5. The van der Waals surface area contributed by atoms with Crippen molar-refractivity contribution in [3.8, 4) is 5.75 Å². The van der Waals surface area contributed by atoms with E-state index < -0.39 is 0 Å². The third kappa shape index (κ3) is 4.11. The van der Waals surface area contributed by atoms with Gasteiger partial charge in [-0.25, -0.2) is 4.79 Å². The molecule has 3 atom stereocenters. The van der Waals surface area contributed by atoms with Gasteiger partial charge >= 0.3 is 6.03 Å². The molecule has 2 saturated heterocycles. The summed E-state index contributed by atoms with van der Waals surface area (Å²) in [6.45, 7) is 0.864. The number of anilines is 1. The summed E-state index contributed by atoms with van der Waals surface area (Å²) in [6.07, 6.45) is 7.34. The lowest BCUT2D eigenvalue weighted by atomic mass is 9.81. The molecule has 3 heterocycles. The predicted octanol–water partition coefficient (Wildman–Crippen LogP) is 4.00. The molecule has 2 aliphatic heterocycles. The van der Waals surface area contributed by atoms with Gasteiger partial charge in [0.1, 0.15) is 11.5 Å². The molecule has 1 aromatic heterocycles. The molecule has 2 aliphatic rings. The number of amides is 2. The zero-order chi connectivity index (χ0) is 18.6. The maximum atomic E-state index is 12.5. The number of methoxy groups -OCH3 is 1. The largest absolute Gasteiger partial charge is 0.495 e. The molecule has 2 amide bonds. The van der Waals surface area contributed by atoms with Gasteiger partial charge < -0.3 is 19.8 Å². The van der Waals surface area contributed by atoms with Crippen molar-refractivity contribution in [3.05, 3.63) is 48.4 Å². The Hall–Kier alpha value is -2.47. The van der Waals surface area contributed by atoms with E-state index in [1.807, 2.05) is 36.4 Å². The summed E-state index contributed by atoms with van der Waals surface area (Å²) in [5.41, 5.74) is 0.688. The topological polar surface area (TPSA) is 66.7 Å². The Morgan fingerprint density at radius 3 is 2.67 bits per heavy atom. The Labute approximate surface area is 159 Å². The molecule has 0 saturated carbocycles. The molecule has 0 spiro atoms. The summed E-state index contributed by atoms with van der Waals surface area (Å²) in [6, 6.07) is 12.5. The first-order chi connectivity index (χ1) is 13.2. The minimum absolute atomic E-state index is 0.165. The lowest BCUT2D eigenvalue weighted by Crippen LogP contribution is -2.56. The molecule has 2 fully saturated rings. The summed E-state index contributed by atoms with van der Waals surface area (Å²) >= 11 is 0. The van der Waals surface area contributed by atoms with Gasteiger partial charge in [0, 0.05) is 18.1 Å². The summed E-state index contributed by atoms with van der Waals surface area (Å²) < 4.78 is 10.9. The van der Waals surface area contributed by atoms with Crippen LogP contribution in [0.3, 0.4) is 0 Å². The average Bonchev–Trinajstić information content (AvgIpc) is 3.16. The normalized spacial score (nSPS) is 25.0. The van der Waals surface area contributed by atoms with E-state index in [1.54, 1.807) is 13.4 Å². The van der Waals surface area contributed by atoms with Crippen molar-refractivity contribution in [1.29, 1.82) is 0 Å². The fraction of sp³-hybridized carbons (Fsp3) is 0.476. The van der Waals surface area contributed by atoms with Crippen LogP contribution in [0.2, 0.25) is 0 Å². The summed E-state index contributed by atoms with van der Waals surface area (Å²) in [4.78, 5) is 15.1. The molecule has 0 aliphatic carbocycles. The lowest BCUT2D eigenvalue weighted by Gasteiger charge is -2.48. The van der Waals surface area contributed by atoms with Crippen molar-refractivity contribution < 1.29 is 13.9 Å². The number of fused-ring (bicyclic) bond motifs is 2. The van der Waals surface area contributed by atoms with Gasteiger partial charge in [-0.3, -0.25) is 4.90 Å². The van der Waals surface area contributed by atoms with Gasteiger partial charge in [-0.2, -0.15) is 0 Å². The number of carbonyl (C=O) groups excluding carboxylic acids is 1. The quantitative estimate of drug-likeness (QED) is 0.836. The number of nitrogens with zero attached hydrogens (tertiary/aromatic N) is 1. The van der Waals surface area contributed by atoms with Crippen LogP contribution in [-0.2, 0) is 6.54 Å². The van der Waals surface area contributed by atoms with E-state index in [0.717, 1.165) is 25.1 Å². The number of furan rings is 1. The Bertz CT molecular complexity index is 748. The number of benzene rings is 1. The fourth-order valence-corrected chi connectivity index (χ4v) is 4.53. The second-order valence-corrected chi connectivity index (χ2v) is 7.46. The highest BCUT2D eigenvalue weighted by atomic mass is 16.5. The SMILES string of the molecule is COc1ccccc1NC(=O)NC1C[C@H]2CCC[C@@H](C1)N2Cc1ccco1. The molecule has 27 heavy (non-hydrogen) atoms. The Balaban J connectivity index is 1.36. The molecule has 1 unspecified atom stereocenters. The van der Waals surface area contributed by atoms with Crippen LogP contribution in [0.25, 0.3) is 0 Å². The van der Waals surface area contributed by atoms with Gasteiger partial charge in [-0.1, -0.05) is 18.6 Å². The first-order valence-electron chi connectivity index (χ1n) is 9.71. The first-order valence-corrected chi connectivity index (χ1v) is 9.71. The van der Waals surface area contributed by atoms with Gasteiger partial charge in [0.25, 0.3) is 0 Å². The van der Waals surface area contributed by atoms with E-state index in [0.29, 0.717) is 23.5 Å². The molecular weight excluding hydrogens is 342 g/mol. The molecule has 4 rings (SSSR count). The fourth-order valence-electron chi connectivity index (χ4n) is 4.53. The molecular formula is C21H27N3O3. The first kappa shape index (κ1) is 17.9. The van der Waals surface area contributed by atoms with Crippen molar-refractivity contribution in [3.63, 3.8) is 0 Å². The van der Waals surface area contributed by atoms with Crippen LogP contribution >= 0.6 is 0 Å². The highest BCUT2D eigenvalue weighted by Gasteiger charge is 2.38. The number of carbonyl (C=O) groups is 1. The lowest BCUT2D eigenvalue weighted by molar-refractivity contribution is 0.0150. The van der Waals surface area contributed by atoms with E-state index in [9.17, 15) is 4.79 Å². The molecule has 1 aromatic carbocycles. The van der Waals surface area contributed by atoms with Gasteiger partial charge in [0.05, 0.1) is 25.6 Å². The van der Waals surface area contributed by atoms with E-state index in [-0.39, 0.29) is 12.1 Å². The zero-order valence-electron chi connectivity index (χ0n) is 15.7. The van der Waals surface area contributed by atoms with Crippen LogP contribution in [0, 0.1) is 0 Å². The van der Waals surface area contributed by atoms with Crippen molar-refractivity contribution in [2.45, 2.75) is 56.8 Å². The number of para-hydroxylation sites is 2. The second-order valence-electron chi connectivity index (χ2n) is 7.46. The molecule has 2 N–H and O–H groups in total. The van der Waals surface area contributed by atoms with Crippen LogP contribution in [0.15, 0.2) is 47.1 Å². The maximum absolute atomic E-state index is 12.5. The molecule has 2 bridgehead atoms. The van der Waals surface area contributed by atoms with E-state index in [2.05, 4.69) is 15.5 Å². The third-order valence-electron chi connectivity index (χ3n) is 5.73. The number of urea groups is 1. The molecule has 144 valence electrons. The standard InChI is InChI=1S/C21H27N3O3/c1-26-20-10-3-2-9-19(20)23-21(25)22-15-12-16-6-4-7-17(13-15)24(16)14-18-8-5-11-27-18/h2-3,5,8-11,15-17H,4,6-7,12-14H2,1H3,(H2,22,23,25)/t15?,16-,17+. The number of hydrogen-bond donors (Lipinski definition) is 2. The number of piperidine rings is 2. The molecule has 6 nitrogen and oxygen atoms in total. The van der Waals surface area contributed by atoms with Crippen LogP contribution in [-0.4, -0.2) is 36.2 Å². The Morgan fingerprint density at radius 2 is 1.96 bits per heavy atom. The number of hydrogen-bond acceptors (Lipinski definition) is 4. The Morgan fingerprint density at radius 1 is 1.19 bits per heavy atom. The van der Waals surface area contributed by atoms with Crippen LogP contribution in [0.4, 0.5) is 10.5 Å². The molecule has 6 heteroatoms. The van der Waals surface area contributed by atoms with Crippen LogP contribution in [0.1, 0.15) is 37.9 Å². The number of ether oxygens (including phenoxy) is 1. The van der Waals surface area contributed by atoms with E-state index >= 15 is 0 Å². The smallest absolute Gasteiger partial charge is 0.319 e. The summed E-state index contributed by atoms with van der Waals surface area (Å²) in [7, 11) is 1.61. The van der Waals surface area contributed by atoms with Crippen molar-refractivity contribution in [2.75, 3.05) is 12.4 Å². The van der Waals surface area contributed by atoms with Crippen molar-refractivity contribution in [1.82, 2.24) is 10.2 Å². The van der Waals surface area contributed by atoms with Gasteiger partial charge in [-0.05, 0) is 49.9 Å².